The van der Waals surface area contributed by atoms with Crippen molar-refractivity contribution in [1.29, 1.82) is 0 Å². The molecule has 0 bridgehead atoms. The Bertz CT molecular complexity index is 1450. The minimum Gasteiger partial charge on any atom is -0.489 e. The molecule has 0 aliphatic heterocycles. The summed E-state index contributed by atoms with van der Waals surface area (Å²) in [5, 5.41) is 0. The zero-order valence-corrected chi connectivity index (χ0v) is 23.7. The van der Waals surface area contributed by atoms with E-state index in [0.29, 0.717) is 27.3 Å². The van der Waals surface area contributed by atoms with Gasteiger partial charge in [0.1, 0.15) is 18.9 Å². The molecule has 3 rings (SSSR count). The Kier molecular flexibility index (Phi) is 11.0. The molecule has 0 heterocycles. The molecule has 0 aliphatic rings. The number of carbonyl (C=O) groups is 2. The number of hydroxylamine groups is 1. The molecule has 9 nitrogen and oxygen atoms in total. The van der Waals surface area contributed by atoms with Crippen LogP contribution in [0.1, 0.15) is 15.9 Å². The average molecular weight is 594 g/mol. The molecule has 3 aromatic carbocycles. The normalized spacial score (nSPS) is 11.2. The van der Waals surface area contributed by atoms with Crippen LogP contribution in [0, 0.1) is 11.6 Å². The van der Waals surface area contributed by atoms with E-state index in [2.05, 4.69) is 15.0 Å². The number of halogens is 2. The zero-order valence-electron chi connectivity index (χ0n) is 22.1. The van der Waals surface area contributed by atoms with Gasteiger partial charge in [-0.15, -0.1) is 11.8 Å². The van der Waals surface area contributed by atoms with Gasteiger partial charge in [0.25, 0.3) is 11.8 Å². The van der Waals surface area contributed by atoms with Crippen LogP contribution in [0.4, 0.5) is 8.78 Å². The summed E-state index contributed by atoms with van der Waals surface area (Å²) in [6.07, 6.45) is 2.78. The number of carbonyl (C=O) groups excluding carboxylic acids is 2. The van der Waals surface area contributed by atoms with Crippen LogP contribution in [0.3, 0.4) is 0 Å². The van der Waals surface area contributed by atoms with Crippen molar-refractivity contribution in [2.45, 2.75) is 11.5 Å². The van der Waals surface area contributed by atoms with E-state index in [1.54, 1.807) is 54.8 Å². The summed E-state index contributed by atoms with van der Waals surface area (Å²) in [7, 11) is -2.22. The van der Waals surface area contributed by atoms with Gasteiger partial charge in [0.05, 0.1) is 13.4 Å². The smallest absolute Gasteiger partial charge is 0.263 e. The number of ether oxygens (including phenoxy) is 1. The van der Waals surface area contributed by atoms with Crippen LogP contribution in [-0.2, 0) is 26.3 Å². The van der Waals surface area contributed by atoms with Crippen molar-refractivity contribution >= 4 is 33.6 Å². The van der Waals surface area contributed by atoms with E-state index in [9.17, 15) is 26.8 Å². The van der Waals surface area contributed by atoms with Crippen molar-refractivity contribution in [3.05, 3.63) is 83.4 Å². The van der Waals surface area contributed by atoms with Crippen LogP contribution in [0.25, 0.3) is 11.1 Å². The van der Waals surface area contributed by atoms with Crippen LogP contribution in [0.5, 0.6) is 5.75 Å². The third-order valence-corrected chi connectivity index (χ3v) is 7.08. The summed E-state index contributed by atoms with van der Waals surface area (Å²) >= 11 is 1.31. The lowest BCUT2D eigenvalue weighted by Gasteiger charge is -2.22. The Hall–Kier alpha value is -3.52. The lowest BCUT2D eigenvalue weighted by atomic mass is 10.1. The van der Waals surface area contributed by atoms with Crippen molar-refractivity contribution in [1.82, 2.24) is 15.1 Å². The molecule has 40 heavy (non-hydrogen) atoms. The number of benzene rings is 3. The second-order valence-corrected chi connectivity index (χ2v) is 11.3. The van der Waals surface area contributed by atoms with Crippen LogP contribution in [0.2, 0.25) is 0 Å². The van der Waals surface area contributed by atoms with Gasteiger partial charge >= 0.3 is 0 Å². The summed E-state index contributed by atoms with van der Waals surface area (Å²) in [5.41, 5.74) is 4.36. The lowest BCUT2D eigenvalue weighted by molar-refractivity contribution is -0.132. The molecule has 2 amide bonds. The highest BCUT2D eigenvalue weighted by atomic mass is 32.2. The third-order valence-electron chi connectivity index (χ3n) is 5.57. The first-order chi connectivity index (χ1) is 19.0. The molecule has 3 aromatic rings. The fraction of sp³-hybridized carbons (Fsp3) is 0.259. The number of rotatable bonds is 13. The lowest BCUT2D eigenvalue weighted by Crippen LogP contribution is -2.44. The maximum atomic E-state index is 13.8. The van der Waals surface area contributed by atoms with Crippen molar-refractivity contribution in [3.63, 3.8) is 0 Å². The van der Waals surface area contributed by atoms with Gasteiger partial charge in [-0.1, -0.05) is 24.3 Å². The number of nitrogens with one attached hydrogen (secondary N) is 2. The summed E-state index contributed by atoms with van der Waals surface area (Å²) < 4.78 is 58.4. The van der Waals surface area contributed by atoms with Gasteiger partial charge in [0.2, 0.25) is 10.0 Å². The van der Waals surface area contributed by atoms with E-state index in [4.69, 9.17) is 4.74 Å². The van der Waals surface area contributed by atoms with Gasteiger partial charge in [0, 0.05) is 23.5 Å². The molecule has 214 valence electrons. The Morgan fingerprint density at radius 2 is 1.73 bits per heavy atom. The second kappa shape index (κ2) is 14.2. The minimum atomic E-state index is -3.48. The molecule has 13 heteroatoms. The molecule has 0 aromatic heterocycles. The van der Waals surface area contributed by atoms with E-state index in [1.807, 2.05) is 0 Å². The molecule has 0 unspecified atom stereocenters. The van der Waals surface area contributed by atoms with Gasteiger partial charge in [0.15, 0.2) is 11.6 Å². The fourth-order valence-electron chi connectivity index (χ4n) is 3.74. The average Bonchev–Trinajstić information content (AvgIpc) is 2.92. The van der Waals surface area contributed by atoms with Gasteiger partial charge < -0.3 is 9.64 Å². The van der Waals surface area contributed by atoms with Gasteiger partial charge in [-0.25, -0.2) is 27.4 Å². The molecule has 2 N–H and O–H groups in total. The third kappa shape index (κ3) is 9.01. The van der Waals surface area contributed by atoms with Crippen molar-refractivity contribution in [2.24, 2.45) is 0 Å². The van der Waals surface area contributed by atoms with E-state index in [-0.39, 0.29) is 31.8 Å². The number of hydrogen-bond donors (Lipinski definition) is 2. The van der Waals surface area contributed by atoms with Crippen molar-refractivity contribution in [2.75, 3.05) is 39.3 Å². The second-order valence-electron chi connectivity index (χ2n) is 8.60. The molecular weight excluding hydrogens is 564 g/mol. The number of sulfonamides is 1. The van der Waals surface area contributed by atoms with Crippen LogP contribution < -0.4 is 14.9 Å². The van der Waals surface area contributed by atoms with E-state index in [0.717, 1.165) is 6.26 Å². The summed E-state index contributed by atoms with van der Waals surface area (Å²) in [6.45, 7) is -0.345. The van der Waals surface area contributed by atoms with Gasteiger partial charge in [-0.2, -0.15) is 0 Å². The highest BCUT2D eigenvalue weighted by Crippen LogP contribution is 2.33. The van der Waals surface area contributed by atoms with Crippen molar-refractivity contribution in [3.8, 4) is 16.9 Å². The molecule has 0 saturated heterocycles. The van der Waals surface area contributed by atoms with E-state index < -0.39 is 33.5 Å². The molecule has 0 aliphatic carbocycles. The SMILES string of the molecule is CONC(=O)CN(CCNS(C)(=O)=O)C(=O)c1cccc(COc2ccc(-c3cc(F)c(F)cc3SC)cc2)c1. The predicted octanol–water partition coefficient (Wildman–Crippen LogP) is 3.60. The molecular formula is C27H29F2N3O6S2. The summed E-state index contributed by atoms with van der Waals surface area (Å²) in [4.78, 5) is 31.6. The maximum absolute atomic E-state index is 13.8. The monoisotopic (exact) mass is 593 g/mol. The Morgan fingerprint density at radius 3 is 2.38 bits per heavy atom. The number of thioether (sulfide) groups is 1. The first-order valence-electron chi connectivity index (χ1n) is 11.9. The zero-order chi connectivity index (χ0) is 29.3. The van der Waals surface area contributed by atoms with Crippen LogP contribution in [0.15, 0.2) is 65.6 Å². The van der Waals surface area contributed by atoms with Gasteiger partial charge in [-0.3, -0.25) is 14.4 Å². The number of amides is 2. The topological polar surface area (TPSA) is 114 Å². The molecule has 0 saturated carbocycles. The first-order valence-corrected chi connectivity index (χ1v) is 15.0. The molecule has 0 radical (unpaired) electrons. The first kappa shape index (κ1) is 31.0. The Morgan fingerprint density at radius 1 is 1.02 bits per heavy atom. The Balaban J connectivity index is 1.70. The molecule has 0 atom stereocenters. The quantitative estimate of drug-likeness (QED) is 0.230. The Labute approximate surface area is 235 Å². The number of hydrogen-bond acceptors (Lipinski definition) is 7. The van der Waals surface area contributed by atoms with Gasteiger partial charge in [-0.05, 0) is 59.3 Å². The van der Waals surface area contributed by atoms with Crippen LogP contribution in [-0.4, -0.2) is 64.4 Å². The molecule has 0 fully saturated rings. The fourth-order valence-corrected chi connectivity index (χ4v) is 4.82. The van der Waals surface area contributed by atoms with Crippen LogP contribution >= 0.6 is 11.8 Å². The predicted molar refractivity (Wildman–Crippen MR) is 148 cm³/mol. The molecule has 0 spiro atoms. The minimum absolute atomic E-state index is 0.0493. The largest absolute Gasteiger partial charge is 0.489 e. The summed E-state index contributed by atoms with van der Waals surface area (Å²) in [6, 6.07) is 15.9. The highest BCUT2D eigenvalue weighted by molar-refractivity contribution is 7.98. The summed E-state index contributed by atoms with van der Waals surface area (Å²) in [5.74, 6) is -2.36. The van der Waals surface area contributed by atoms with Crippen molar-refractivity contribution < 1.29 is 36.4 Å². The highest BCUT2D eigenvalue weighted by Gasteiger charge is 2.20. The standard InChI is InChI=1S/C27H29F2N3O6S2/c1-37-31-26(33)16-32(12-11-30-40(3,35)36)27(34)20-6-4-5-18(13-20)17-38-21-9-7-19(8-10-21)22-14-23(28)24(29)15-25(22)39-2/h4-10,13-15,30H,11-12,16-17H2,1-3H3,(H,31,33). The van der Waals surface area contributed by atoms with E-state index >= 15 is 0 Å². The number of nitrogens with zero attached hydrogens (tertiary/aromatic N) is 1. The maximum Gasteiger partial charge on any atom is 0.263 e. The van der Waals surface area contributed by atoms with E-state index in [1.165, 1.54) is 35.9 Å².